The molecule has 4 heteroatoms. The molecule has 0 saturated carbocycles. The van der Waals surface area contributed by atoms with Gasteiger partial charge < -0.3 is 14.7 Å². The monoisotopic (exact) mass is 151 g/mol. The molecule has 0 spiro atoms. The van der Waals surface area contributed by atoms with Gasteiger partial charge in [-0.3, -0.25) is 0 Å². The zero-order chi connectivity index (χ0) is 7.11. The zero-order valence-electron chi connectivity index (χ0n) is 5.92. The molecule has 0 rings (SSSR count). The highest BCUT2D eigenvalue weighted by Gasteiger charge is 2.00. The van der Waals surface area contributed by atoms with Crippen molar-refractivity contribution in [3.05, 3.63) is 0 Å². The molecule has 0 aliphatic heterocycles. The molecule has 3 nitrogen and oxygen atoms in total. The summed E-state index contributed by atoms with van der Waals surface area (Å²) in [5, 5.41) is 2.93. The first kappa shape index (κ1) is 9.31. The lowest BCUT2D eigenvalue weighted by molar-refractivity contribution is 0.329. The Hall–Kier alpha value is 0.310. The molecule has 9 heavy (non-hydrogen) atoms. The van der Waals surface area contributed by atoms with E-state index in [2.05, 4.69) is 5.32 Å². The van der Waals surface area contributed by atoms with E-state index < -0.39 is 8.38 Å². The molecule has 0 aromatic carbocycles. The van der Waals surface area contributed by atoms with Crippen LogP contribution in [-0.4, -0.2) is 31.3 Å². The minimum Gasteiger partial charge on any atom is -0.350 e. The van der Waals surface area contributed by atoms with Gasteiger partial charge in [-0.15, -0.1) is 0 Å². The first-order valence-electron chi connectivity index (χ1n) is 3.05. The highest BCUT2D eigenvalue weighted by atomic mass is 31.2. The average molecular weight is 151 g/mol. The molecule has 0 aromatic rings. The fourth-order valence-electron chi connectivity index (χ4n) is 0.421. The van der Waals surface area contributed by atoms with Crippen molar-refractivity contribution in [2.24, 2.45) is 0 Å². The van der Waals surface area contributed by atoms with Gasteiger partial charge in [-0.2, -0.15) is 0 Å². The van der Waals surface area contributed by atoms with E-state index in [1.807, 2.05) is 14.0 Å². The first-order chi connectivity index (χ1) is 4.31. The normalized spacial score (nSPS) is 13.7. The third-order valence-electron chi connectivity index (χ3n) is 0.831. The lowest BCUT2D eigenvalue weighted by atomic mass is 10.8. The summed E-state index contributed by atoms with van der Waals surface area (Å²) < 4.78 is 4.92. The van der Waals surface area contributed by atoms with E-state index >= 15 is 0 Å². The summed E-state index contributed by atoms with van der Waals surface area (Å²) >= 11 is 0. The van der Waals surface area contributed by atoms with Gasteiger partial charge in [0.1, 0.15) is 0 Å². The molecule has 0 bridgehead atoms. The second kappa shape index (κ2) is 6.43. The van der Waals surface area contributed by atoms with Crippen LogP contribution >= 0.6 is 8.38 Å². The topological polar surface area (TPSA) is 41.5 Å². The molecule has 0 aliphatic carbocycles. The molecule has 1 unspecified atom stereocenters. The van der Waals surface area contributed by atoms with Gasteiger partial charge in [0.05, 0.1) is 6.61 Å². The van der Waals surface area contributed by atoms with Crippen molar-refractivity contribution in [1.29, 1.82) is 0 Å². The number of rotatable bonds is 5. The third-order valence-corrected chi connectivity index (χ3v) is 1.99. The van der Waals surface area contributed by atoms with Crippen LogP contribution in [0.2, 0.25) is 0 Å². The van der Waals surface area contributed by atoms with Crippen molar-refractivity contribution >= 4 is 8.38 Å². The molecule has 1 atom stereocenters. The lowest BCUT2D eigenvalue weighted by Crippen LogP contribution is -2.11. The van der Waals surface area contributed by atoms with Crippen LogP contribution in [0, 0.1) is 0 Å². The predicted octanol–water partition coefficient (Wildman–Crippen LogP) is 0.546. The van der Waals surface area contributed by atoms with Crippen molar-refractivity contribution in [2.45, 2.75) is 6.92 Å². The number of hydrogen-bond acceptors (Lipinski definition) is 3. The van der Waals surface area contributed by atoms with Crippen LogP contribution in [0.3, 0.4) is 0 Å². The molecule has 0 aliphatic rings. The number of hydrogen-bond donors (Lipinski definition) is 2. The molecule has 0 radical (unpaired) electrons. The molecular weight excluding hydrogens is 137 g/mol. The van der Waals surface area contributed by atoms with E-state index in [9.17, 15) is 0 Å². The smallest absolute Gasteiger partial charge is 0.168 e. The minimum atomic E-state index is -1.15. The Morgan fingerprint density at radius 3 is 2.78 bits per heavy atom. The van der Waals surface area contributed by atoms with Crippen LogP contribution < -0.4 is 5.32 Å². The van der Waals surface area contributed by atoms with Crippen molar-refractivity contribution in [3.8, 4) is 0 Å². The van der Waals surface area contributed by atoms with Crippen LogP contribution in [0.15, 0.2) is 0 Å². The molecule has 0 saturated heterocycles. The largest absolute Gasteiger partial charge is 0.350 e. The van der Waals surface area contributed by atoms with Crippen molar-refractivity contribution < 1.29 is 9.42 Å². The Kier molecular flexibility index (Phi) is 6.65. The van der Waals surface area contributed by atoms with E-state index in [0.29, 0.717) is 6.61 Å². The summed E-state index contributed by atoms with van der Waals surface area (Å²) in [6, 6.07) is 0. The molecule has 2 N–H and O–H groups in total. The van der Waals surface area contributed by atoms with Crippen LogP contribution in [0.5, 0.6) is 0 Å². The van der Waals surface area contributed by atoms with Crippen molar-refractivity contribution in [1.82, 2.24) is 5.32 Å². The first-order valence-corrected chi connectivity index (χ1v) is 4.45. The average Bonchev–Trinajstić information content (AvgIpc) is 1.85. The van der Waals surface area contributed by atoms with Crippen LogP contribution in [0.1, 0.15) is 6.92 Å². The maximum atomic E-state index is 8.98. The summed E-state index contributed by atoms with van der Waals surface area (Å²) in [6.45, 7) is 3.30. The maximum Gasteiger partial charge on any atom is 0.168 e. The van der Waals surface area contributed by atoms with Crippen molar-refractivity contribution in [2.75, 3.05) is 26.4 Å². The minimum absolute atomic E-state index is 0.603. The molecule has 0 aromatic heterocycles. The van der Waals surface area contributed by atoms with Crippen LogP contribution in [-0.2, 0) is 4.52 Å². The zero-order valence-corrected chi connectivity index (χ0v) is 6.82. The predicted molar refractivity (Wildman–Crippen MR) is 39.6 cm³/mol. The van der Waals surface area contributed by atoms with Gasteiger partial charge in [0, 0.05) is 12.7 Å². The quantitative estimate of drug-likeness (QED) is 0.564. The Morgan fingerprint density at radius 1 is 1.67 bits per heavy atom. The third kappa shape index (κ3) is 6.19. The van der Waals surface area contributed by atoms with Crippen molar-refractivity contribution in [3.63, 3.8) is 0 Å². The van der Waals surface area contributed by atoms with E-state index in [1.54, 1.807) is 0 Å². The Labute approximate surface area is 57.3 Å². The Bertz CT molecular complexity index is 62.9. The summed E-state index contributed by atoms with van der Waals surface area (Å²) in [4.78, 5) is 8.98. The Morgan fingerprint density at radius 2 is 2.33 bits per heavy atom. The summed E-state index contributed by atoms with van der Waals surface area (Å²) in [5.41, 5.74) is 0. The highest BCUT2D eigenvalue weighted by Crippen LogP contribution is 2.29. The maximum absolute atomic E-state index is 8.98. The Balaban J connectivity index is 2.95. The summed E-state index contributed by atoms with van der Waals surface area (Å²) in [7, 11) is 0.707. The fraction of sp³-hybridized carbons (Fsp3) is 1.00. The summed E-state index contributed by atoms with van der Waals surface area (Å²) in [6.07, 6.45) is 0.722. The van der Waals surface area contributed by atoms with E-state index in [4.69, 9.17) is 9.42 Å². The van der Waals surface area contributed by atoms with E-state index in [0.717, 1.165) is 12.7 Å². The van der Waals surface area contributed by atoms with Gasteiger partial charge in [0.25, 0.3) is 0 Å². The van der Waals surface area contributed by atoms with E-state index in [-0.39, 0.29) is 0 Å². The second-order valence-electron chi connectivity index (χ2n) is 1.60. The molecule has 0 amide bonds. The van der Waals surface area contributed by atoms with Gasteiger partial charge >= 0.3 is 0 Å². The van der Waals surface area contributed by atoms with Crippen LogP contribution in [0.4, 0.5) is 0 Å². The van der Waals surface area contributed by atoms with Crippen LogP contribution in [0.25, 0.3) is 0 Å². The van der Waals surface area contributed by atoms with E-state index in [1.165, 1.54) is 0 Å². The van der Waals surface area contributed by atoms with Gasteiger partial charge in [-0.05, 0) is 14.0 Å². The van der Waals surface area contributed by atoms with Gasteiger partial charge in [-0.25, -0.2) is 0 Å². The fourth-order valence-corrected chi connectivity index (χ4v) is 1.26. The highest BCUT2D eigenvalue weighted by molar-refractivity contribution is 7.46. The van der Waals surface area contributed by atoms with Gasteiger partial charge in [0.2, 0.25) is 0 Å². The lowest BCUT2D eigenvalue weighted by Gasteiger charge is -2.07. The second-order valence-corrected chi connectivity index (χ2v) is 3.01. The molecule has 0 heterocycles. The SMILES string of the molecule is CCOP(O)CCNC. The van der Waals surface area contributed by atoms with Gasteiger partial charge in [0.15, 0.2) is 8.38 Å². The number of nitrogens with one attached hydrogen (secondary N) is 1. The standard InChI is InChI=1S/C5H14NO2P/c1-3-8-9(7)5-4-6-2/h6-7H,3-5H2,1-2H3. The molecular formula is C5H14NO2P. The van der Waals surface area contributed by atoms with Gasteiger partial charge in [-0.1, -0.05) is 0 Å². The molecule has 56 valence electrons. The summed E-state index contributed by atoms with van der Waals surface area (Å²) in [5.74, 6) is 0. The molecule has 0 fully saturated rings.